The Bertz CT molecular complexity index is 1920. The monoisotopic (exact) mass is 784 g/mol. The number of ether oxygens (including phenoxy) is 2. The first kappa shape index (κ1) is 45.0. The lowest BCUT2D eigenvalue weighted by molar-refractivity contribution is -0.287. The van der Waals surface area contributed by atoms with Gasteiger partial charge in [-0.3, -0.25) is 0 Å². The summed E-state index contributed by atoms with van der Waals surface area (Å²) in [5.74, 6) is 0.252. The predicted octanol–water partition coefficient (Wildman–Crippen LogP) is 15.2. The smallest absolute Gasteiger partial charge is 0.464 e. The van der Waals surface area contributed by atoms with E-state index in [9.17, 15) is 13.2 Å². The summed E-state index contributed by atoms with van der Waals surface area (Å²) in [5, 5.41) is 1.23. The molecule has 0 saturated carbocycles. The number of hydrogen-bond donors (Lipinski definition) is 0. The van der Waals surface area contributed by atoms with E-state index in [4.69, 9.17) is 16.0 Å². The van der Waals surface area contributed by atoms with Gasteiger partial charge in [-0.2, -0.15) is 0 Å². The molecular formula is C46H60ClF3O3S. The Morgan fingerprint density at radius 2 is 1.19 bits per heavy atom. The molecule has 0 bridgehead atoms. The van der Waals surface area contributed by atoms with Gasteiger partial charge in [0.15, 0.2) is 11.5 Å². The van der Waals surface area contributed by atoms with Gasteiger partial charge in [0.05, 0.1) is 10.6 Å². The van der Waals surface area contributed by atoms with E-state index in [-0.39, 0.29) is 40.6 Å². The maximum atomic E-state index is 14.0. The molecule has 1 atom stereocenters. The maximum Gasteiger partial charge on any atom is 0.586 e. The van der Waals surface area contributed by atoms with Crippen LogP contribution in [0.2, 0.25) is 4.34 Å². The molecule has 8 heteroatoms. The summed E-state index contributed by atoms with van der Waals surface area (Å²) in [6.07, 6.45) is -0.633. The third-order valence-corrected chi connectivity index (χ3v) is 10.7. The van der Waals surface area contributed by atoms with E-state index in [0.717, 1.165) is 15.5 Å². The van der Waals surface area contributed by atoms with E-state index in [1.165, 1.54) is 38.6 Å². The van der Waals surface area contributed by atoms with Crippen molar-refractivity contribution in [1.29, 1.82) is 0 Å². The van der Waals surface area contributed by atoms with Crippen LogP contribution in [0.5, 0.6) is 11.5 Å². The quantitative estimate of drug-likeness (QED) is 0.157. The number of hydrogen-bond acceptors (Lipinski definition) is 4. The topological polar surface area (TPSA) is 31.6 Å². The van der Waals surface area contributed by atoms with Crippen LogP contribution in [0, 0.1) is 0 Å². The zero-order valence-electron chi connectivity index (χ0n) is 33.6. The van der Waals surface area contributed by atoms with Crippen molar-refractivity contribution in [2.24, 2.45) is 0 Å². The SMILES string of the molecule is C.CC(C)(C)c1ccc(Cl)s1.CC(C)(C)c1cccc2c1OC(F)(F)O2.CC(C)(C)c1cccc2occc12.CC1(F)Cc2cccc(C(C)(C)C)c2C1. The van der Waals surface area contributed by atoms with E-state index in [1.54, 1.807) is 36.7 Å². The lowest BCUT2D eigenvalue weighted by Crippen LogP contribution is -2.26. The fourth-order valence-corrected chi connectivity index (χ4v) is 7.57. The van der Waals surface area contributed by atoms with Gasteiger partial charge in [0.25, 0.3) is 0 Å². The van der Waals surface area contributed by atoms with E-state index < -0.39 is 12.0 Å². The largest absolute Gasteiger partial charge is 0.586 e. The molecular weight excluding hydrogens is 725 g/mol. The minimum Gasteiger partial charge on any atom is -0.464 e. The molecule has 0 amide bonds. The summed E-state index contributed by atoms with van der Waals surface area (Å²) in [6, 6.07) is 23.5. The molecule has 2 aliphatic rings. The van der Waals surface area contributed by atoms with Gasteiger partial charge in [-0.25, -0.2) is 4.39 Å². The molecule has 54 heavy (non-hydrogen) atoms. The van der Waals surface area contributed by atoms with Crippen molar-refractivity contribution in [2.75, 3.05) is 0 Å². The minimum atomic E-state index is -3.54. The van der Waals surface area contributed by atoms with Gasteiger partial charge in [-0.05, 0) is 81.2 Å². The molecule has 0 saturated heterocycles. The Morgan fingerprint density at radius 1 is 0.630 bits per heavy atom. The fourth-order valence-electron chi connectivity index (χ4n) is 6.47. The van der Waals surface area contributed by atoms with E-state index >= 15 is 0 Å². The molecule has 1 aliphatic carbocycles. The van der Waals surface area contributed by atoms with Gasteiger partial charge in [0, 0.05) is 28.7 Å². The molecule has 3 aromatic carbocycles. The number of thiophene rings is 1. The highest BCUT2D eigenvalue weighted by atomic mass is 35.5. The third kappa shape index (κ3) is 11.6. The first-order valence-electron chi connectivity index (χ1n) is 18.1. The summed E-state index contributed by atoms with van der Waals surface area (Å²) < 4.78 is 54.8. The van der Waals surface area contributed by atoms with Gasteiger partial charge in [-0.1, -0.05) is 145 Å². The van der Waals surface area contributed by atoms with Gasteiger partial charge in [0.2, 0.25) is 0 Å². The second kappa shape index (κ2) is 16.4. The Labute approximate surface area is 331 Å². The number of benzene rings is 3. The van der Waals surface area contributed by atoms with E-state index in [2.05, 4.69) is 102 Å². The van der Waals surface area contributed by atoms with Crippen molar-refractivity contribution in [3.8, 4) is 11.5 Å². The summed E-state index contributed by atoms with van der Waals surface area (Å²) in [6.45, 7) is 27.3. The zero-order chi connectivity index (χ0) is 39.8. The van der Waals surface area contributed by atoms with Crippen molar-refractivity contribution in [3.63, 3.8) is 0 Å². The van der Waals surface area contributed by atoms with E-state index in [1.807, 2.05) is 45.0 Å². The standard InChI is InChI=1S/C14H19F.C12H14O.C11H12F2O2.C8H11ClS.CH4/c1-13(2,3)12-7-5-6-10-8-14(4,15)9-11(10)12;1-12(2,3)10-5-4-6-11-9(10)7-8-13-11;1-10(2,3)7-5-4-6-8-9(7)15-11(12,13)14-8;1-8(2,3)6-4-5-7(9)10-6;/h5-7H,8-9H2,1-4H3;4-8H,1-3H3;4-6H,1-3H3;4-5H,1-3H3;1H4. The van der Waals surface area contributed by atoms with E-state index in [0.29, 0.717) is 12.8 Å². The summed E-state index contributed by atoms with van der Waals surface area (Å²) in [7, 11) is 0. The summed E-state index contributed by atoms with van der Waals surface area (Å²) in [4.78, 5) is 1.34. The minimum absolute atomic E-state index is 0. The third-order valence-electron chi connectivity index (χ3n) is 9.04. The predicted molar refractivity (Wildman–Crippen MR) is 223 cm³/mol. The van der Waals surface area contributed by atoms with Gasteiger partial charge >= 0.3 is 6.29 Å². The first-order valence-corrected chi connectivity index (χ1v) is 19.3. The molecule has 5 aromatic rings. The highest BCUT2D eigenvalue weighted by Gasteiger charge is 2.45. The number of furan rings is 1. The molecule has 1 unspecified atom stereocenters. The van der Waals surface area contributed by atoms with Crippen LogP contribution in [0.25, 0.3) is 11.0 Å². The first-order chi connectivity index (χ1) is 24.2. The normalized spacial score (nSPS) is 17.2. The van der Waals surface area contributed by atoms with Crippen molar-refractivity contribution >= 4 is 33.9 Å². The van der Waals surface area contributed by atoms with Crippen LogP contribution in [-0.4, -0.2) is 12.0 Å². The van der Waals surface area contributed by atoms with Crippen molar-refractivity contribution in [1.82, 2.24) is 0 Å². The molecule has 7 rings (SSSR count). The number of alkyl halides is 3. The second-order valence-corrected chi connectivity index (χ2v) is 20.0. The fraction of sp³-hybridized carbons (Fsp3) is 0.478. The van der Waals surface area contributed by atoms with Gasteiger partial charge in [0.1, 0.15) is 11.3 Å². The Balaban J connectivity index is 0.000000194. The highest BCUT2D eigenvalue weighted by molar-refractivity contribution is 7.16. The van der Waals surface area contributed by atoms with Crippen LogP contribution >= 0.6 is 22.9 Å². The molecule has 3 nitrogen and oxygen atoms in total. The highest BCUT2D eigenvalue weighted by Crippen LogP contribution is 2.47. The van der Waals surface area contributed by atoms with Crippen molar-refractivity contribution < 1.29 is 27.1 Å². The average molecular weight is 785 g/mol. The van der Waals surface area contributed by atoms with Crippen LogP contribution in [0.15, 0.2) is 83.5 Å². The molecule has 0 fully saturated rings. The average Bonchev–Trinajstić information content (AvgIpc) is 3.78. The molecule has 1 aliphatic heterocycles. The second-order valence-electron chi connectivity index (χ2n) is 18.3. The molecule has 296 valence electrons. The Morgan fingerprint density at radius 3 is 1.72 bits per heavy atom. The number of fused-ring (bicyclic) bond motifs is 3. The van der Waals surface area contributed by atoms with Crippen LogP contribution < -0.4 is 9.47 Å². The summed E-state index contributed by atoms with van der Waals surface area (Å²) >= 11 is 7.45. The number of para-hydroxylation sites is 1. The molecule has 0 radical (unpaired) electrons. The molecule has 0 spiro atoms. The zero-order valence-corrected chi connectivity index (χ0v) is 35.1. The number of halogens is 4. The van der Waals surface area contributed by atoms with Crippen LogP contribution in [0.4, 0.5) is 13.2 Å². The molecule has 3 heterocycles. The Hall–Kier alpha value is -3.42. The lowest BCUT2D eigenvalue weighted by atomic mass is 9.82. The molecule has 2 aromatic heterocycles. The summed E-state index contributed by atoms with van der Waals surface area (Å²) in [5.41, 5.74) is 6.05. The van der Waals surface area contributed by atoms with Gasteiger partial charge in [-0.15, -0.1) is 20.1 Å². The maximum absolute atomic E-state index is 14.0. The molecule has 0 N–H and O–H groups in total. The van der Waals surface area contributed by atoms with Crippen molar-refractivity contribution in [2.45, 2.75) is 144 Å². The van der Waals surface area contributed by atoms with Crippen LogP contribution in [-0.2, 0) is 34.5 Å². The lowest BCUT2D eigenvalue weighted by Gasteiger charge is -2.22. The van der Waals surface area contributed by atoms with Gasteiger partial charge < -0.3 is 13.9 Å². The Kier molecular flexibility index (Phi) is 13.6. The number of rotatable bonds is 0. The van der Waals surface area contributed by atoms with Crippen LogP contribution in [0.1, 0.15) is 130 Å². The van der Waals surface area contributed by atoms with Crippen molar-refractivity contribution in [3.05, 3.63) is 116 Å². The van der Waals surface area contributed by atoms with Crippen LogP contribution in [0.3, 0.4) is 0 Å².